The maximum absolute atomic E-state index is 11.9. The second-order valence-corrected chi connectivity index (χ2v) is 6.18. The summed E-state index contributed by atoms with van der Waals surface area (Å²) < 4.78 is 30.4. The Kier molecular flexibility index (Phi) is 5.10. The maximum Gasteiger partial charge on any atom is 0.426 e. The van der Waals surface area contributed by atoms with Gasteiger partial charge in [-0.1, -0.05) is 29.8 Å². The average molecular weight is 295 g/mol. The van der Waals surface area contributed by atoms with E-state index < -0.39 is 16.1 Å². The smallest absolute Gasteiger partial charge is 0.410 e. The molecule has 1 rings (SSSR count). The first kappa shape index (κ1) is 16.0. The third kappa shape index (κ3) is 4.89. The molecule has 0 fully saturated rings. The second-order valence-electron chi connectivity index (χ2n) is 4.50. The lowest BCUT2D eigenvalue weighted by molar-refractivity contribution is 0.186. The average Bonchev–Trinajstić information content (AvgIpc) is 2.26. The van der Waals surface area contributed by atoms with Crippen molar-refractivity contribution in [3.63, 3.8) is 0 Å². The lowest BCUT2D eigenvalue weighted by atomic mass is 10.2. The molecule has 0 unspecified atom stereocenters. The largest absolute Gasteiger partial charge is 0.426 e. The fraction of sp³-hybridized carbons (Fsp3) is 0.214. The number of benzene rings is 1. The lowest BCUT2D eigenvalue weighted by Crippen LogP contribution is -2.30. The molecule has 108 valence electrons. The number of hydrogen-bond acceptors (Lipinski definition) is 4. The van der Waals surface area contributed by atoms with Crippen LogP contribution in [0.1, 0.15) is 19.4 Å². The van der Waals surface area contributed by atoms with Crippen molar-refractivity contribution in [3.05, 3.63) is 53.8 Å². The van der Waals surface area contributed by atoms with Crippen LogP contribution in [0.3, 0.4) is 0 Å². The molecule has 1 amide bonds. The zero-order valence-corrected chi connectivity index (χ0v) is 12.5. The van der Waals surface area contributed by atoms with E-state index in [4.69, 9.17) is 4.74 Å². The van der Waals surface area contributed by atoms with Gasteiger partial charge in [-0.3, -0.25) is 0 Å². The molecule has 0 radical (unpaired) electrons. The number of nitrogens with one attached hydrogen (secondary N) is 1. The third-order valence-electron chi connectivity index (χ3n) is 2.22. The molecule has 1 N–H and O–H groups in total. The summed E-state index contributed by atoms with van der Waals surface area (Å²) in [7, 11) is -3.94. The highest BCUT2D eigenvalue weighted by Gasteiger charge is 2.18. The van der Waals surface area contributed by atoms with Gasteiger partial charge in [-0.15, -0.1) is 0 Å². The molecular weight excluding hydrogens is 278 g/mol. The van der Waals surface area contributed by atoms with Crippen LogP contribution in [-0.2, 0) is 14.8 Å². The Bertz CT molecular complexity index is 638. The summed E-state index contributed by atoms with van der Waals surface area (Å²) in [5.74, 6) is 0.0709. The van der Waals surface area contributed by atoms with Gasteiger partial charge >= 0.3 is 6.09 Å². The Labute approximate surface area is 119 Å². The third-order valence-corrected chi connectivity index (χ3v) is 3.55. The predicted molar refractivity (Wildman–Crippen MR) is 76.6 cm³/mol. The standard InChI is InChI=1S/C14H17NO4S/c1-10(2)9-12(4)19-14(16)15-20(17,18)13-7-5-11(3)6-8-13/h5-9H,4H2,1-3H3,(H,15,16). The van der Waals surface area contributed by atoms with E-state index in [9.17, 15) is 13.2 Å². The fourth-order valence-corrected chi connectivity index (χ4v) is 2.25. The van der Waals surface area contributed by atoms with Crippen molar-refractivity contribution in [2.45, 2.75) is 25.7 Å². The van der Waals surface area contributed by atoms with Gasteiger partial charge in [0.1, 0.15) is 5.76 Å². The highest BCUT2D eigenvalue weighted by Crippen LogP contribution is 2.10. The quantitative estimate of drug-likeness (QED) is 0.684. The number of amides is 1. The monoisotopic (exact) mass is 295 g/mol. The van der Waals surface area contributed by atoms with Crippen LogP contribution in [0.2, 0.25) is 0 Å². The van der Waals surface area contributed by atoms with E-state index in [0.717, 1.165) is 11.1 Å². The summed E-state index contributed by atoms with van der Waals surface area (Å²) in [5, 5.41) is 0. The number of aryl methyl sites for hydroxylation is 1. The number of ether oxygens (including phenoxy) is 1. The van der Waals surface area contributed by atoms with Crippen molar-refractivity contribution < 1.29 is 17.9 Å². The highest BCUT2D eigenvalue weighted by molar-refractivity contribution is 7.90. The van der Waals surface area contributed by atoms with Crippen LogP contribution in [0.4, 0.5) is 4.79 Å². The van der Waals surface area contributed by atoms with Crippen molar-refractivity contribution in [1.29, 1.82) is 0 Å². The molecular formula is C14H17NO4S. The summed E-state index contributed by atoms with van der Waals surface area (Å²) in [6, 6.07) is 6.11. The van der Waals surface area contributed by atoms with Gasteiger partial charge in [0.05, 0.1) is 4.90 Å². The van der Waals surface area contributed by atoms with Crippen LogP contribution in [0.15, 0.2) is 53.1 Å². The minimum Gasteiger partial charge on any atom is -0.410 e. The van der Waals surface area contributed by atoms with Gasteiger partial charge in [0.25, 0.3) is 10.0 Å². The number of carbonyl (C=O) groups is 1. The molecule has 0 aliphatic carbocycles. The molecule has 0 saturated carbocycles. The van der Waals surface area contributed by atoms with Crippen LogP contribution in [0.5, 0.6) is 0 Å². The summed E-state index contributed by atoms with van der Waals surface area (Å²) in [6.45, 7) is 8.93. The summed E-state index contributed by atoms with van der Waals surface area (Å²) >= 11 is 0. The van der Waals surface area contributed by atoms with E-state index >= 15 is 0 Å². The van der Waals surface area contributed by atoms with Crippen LogP contribution in [0.25, 0.3) is 0 Å². The Balaban J connectivity index is 2.77. The van der Waals surface area contributed by atoms with Crippen molar-refractivity contribution in [2.75, 3.05) is 0 Å². The molecule has 20 heavy (non-hydrogen) atoms. The Morgan fingerprint density at radius 1 is 1.25 bits per heavy atom. The van der Waals surface area contributed by atoms with Gasteiger partial charge in [0.15, 0.2) is 0 Å². The van der Waals surface area contributed by atoms with E-state index in [1.807, 2.05) is 11.6 Å². The summed E-state index contributed by atoms with van der Waals surface area (Å²) in [4.78, 5) is 11.5. The molecule has 0 spiro atoms. The van der Waals surface area contributed by atoms with Crippen LogP contribution < -0.4 is 4.72 Å². The normalized spacial score (nSPS) is 10.6. The first-order valence-corrected chi connectivity index (χ1v) is 7.34. The summed E-state index contributed by atoms with van der Waals surface area (Å²) in [5.41, 5.74) is 1.80. The van der Waals surface area contributed by atoms with Crippen molar-refractivity contribution in [2.24, 2.45) is 0 Å². The topological polar surface area (TPSA) is 72.5 Å². The first-order valence-electron chi connectivity index (χ1n) is 5.86. The molecule has 0 aromatic heterocycles. The Hall–Kier alpha value is -2.08. The van der Waals surface area contributed by atoms with Crippen LogP contribution >= 0.6 is 0 Å². The summed E-state index contributed by atoms with van der Waals surface area (Å²) in [6.07, 6.45) is 0.436. The molecule has 5 nitrogen and oxygen atoms in total. The van der Waals surface area contributed by atoms with Gasteiger partial charge in [-0.25, -0.2) is 17.9 Å². The number of sulfonamides is 1. The van der Waals surface area contributed by atoms with Gasteiger partial charge in [0.2, 0.25) is 0 Å². The highest BCUT2D eigenvalue weighted by atomic mass is 32.2. The Morgan fingerprint density at radius 2 is 1.80 bits per heavy atom. The van der Waals surface area contributed by atoms with Gasteiger partial charge in [0, 0.05) is 0 Å². The minimum atomic E-state index is -3.94. The molecule has 0 heterocycles. The van der Waals surface area contributed by atoms with E-state index in [-0.39, 0.29) is 10.7 Å². The molecule has 1 aromatic rings. The number of rotatable bonds is 4. The van der Waals surface area contributed by atoms with E-state index in [1.165, 1.54) is 18.2 Å². The second kappa shape index (κ2) is 6.38. The van der Waals surface area contributed by atoms with Crippen LogP contribution in [0, 0.1) is 6.92 Å². The van der Waals surface area contributed by atoms with Crippen molar-refractivity contribution in [3.8, 4) is 0 Å². The maximum atomic E-state index is 11.9. The fourth-order valence-electron chi connectivity index (χ4n) is 1.38. The van der Waals surface area contributed by atoms with Crippen molar-refractivity contribution >= 4 is 16.1 Å². The van der Waals surface area contributed by atoms with E-state index in [0.29, 0.717) is 0 Å². The zero-order chi connectivity index (χ0) is 15.3. The molecule has 0 atom stereocenters. The minimum absolute atomic E-state index is 0.00660. The van der Waals surface area contributed by atoms with Gasteiger partial charge in [-0.2, -0.15) is 0 Å². The zero-order valence-electron chi connectivity index (χ0n) is 11.6. The first-order chi connectivity index (χ1) is 9.20. The predicted octanol–water partition coefficient (Wildman–Crippen LogP) is 2.89. The SMILES string of the molecule is C=C(C=C(C)C)OC(=O)NS(=O)(=O)c1ccc(C)cc1. The van der Waals surface area contributed by atoms with Crippen LogP contribution in [-0.4, -0.2) is 14.5 Å². The molecule has 6 heteroatoms. The molecule has 1 aromatic carbocycles. The van der Waals surface area contributed by atoms with E-state index in [2.05, 4.69) is 6.58 Å². The number of carbonyl (C=O) groups excluding carboxylic acids is 1. The molecule has 0 aliphatic rings. The van der Waals surface area contributed by atoms with Crippen molar-refractivity contribution in [1.82, 2.24) is 4.72 Å². The Morgan fingerprint density at radius 3 is 2.30 bits per heavy atom. The van der Waals surface area contributed by atoms with Gasteiger partial charge in [-0.05, 0) is 39.0 Å². The number of hydrogen-bond donors (Lipinski definition) is 1. The van der Waals surface area contributed by atoms with E-state index in [1.54, 1.807) is 26.0 Å². The number of allylic oxidation sites excluding steroid dienone is 2. The lowest BCUT2D eigenvalue weighted by Gasteiger charge is -2.08. The molecule has 0 aliphatic heterocycles. The molecule has 0 saturated heterocycles. The molecule has 0 bridgehead atoms. The van der Waals surface area contributed by atoms with Gasteiger partial charge < -0.3 is 4.74 Å².